The highest BCUT2D eigenvalue weighted by Crippen LogP contribution is 2.39. The van der Waals surface area contributed by atoms with Crippen molar-refractivity contribution in [1.82, 2.24) is 10.6 Å². The molecule has 4 aromatic carbocycles. The summed E-state index contributed by atoms with van der Waals surface area (Å²) in [7, 11) is 0. The van der Waals surface area contributed by atoms with E-state index in [-0.39, 0.29) is 12.1 Å². The molecule has 0 aliphatic heterocycles. The molecule has 18 heteroatoms. The lowest BCUT2D eigenvalue weighted by Crippen LogP contribution is -2.43. The maximum Gasteiger partial charge on any atom is 0.416 e. The zero-order valence-corrected chi connectivity index (χ0v) is 26.4. The van der Waals surface area contributed by atoms with Crippen LogP contribution in [0.2, 0.25) is 0 Å². The van der Waals surface area contributed by atoms with Crippen LogP contribution in [0.3, 0.4) is 0 Å². The minimum absolute atomic E-state index is 0.0558. The largest absolute Gasteiger partial charge is 0.416 e. The number of benzene rings is 4. The number of thiocarbonyl (C=S) groups is 2. The normalized spacial score (nSPS) is 13.6. The summed E-state index contributed by atoms with van der Waals surface area (Å²) >= 11 is 10.6. The number of hydrogen-bond donors (Lipinski definition) is 4. The maximum absolute atomic E-state index is 13.5. The number of anilines is 2. The summed E-state index contributed by atoms with van der Waals surface area (Å²) in [4.78, 5) is 0. The molecule has 2 unspecified atom stereocenters. The average Bonchev–Trinajstić information content (AvgIpc) is 3.01. The first kappa shape index (κ1) is 38.2. The van der Waals surface area contributed by atoms with Crippen LogP contribution in [-0.2, 0) is 24.7 Å². The number of rotatable bonds is 7. The lowest BCUT2D eigenvalue weighted by molar-refractivity contribution is -0.144. The summed E-state index contributed by atoms with van der Waals surface area (Å²) in [6.45, 7) is 0. The molecular formula is C32H22F12N4S2. The van der Waals surface area contributed by atoms with Crippen molar-refractivity contribution in [3.05, 3.63) is 130 Å². The molecular weight excluding hydrogens is 732 g/mol. The van der Waals surface area contributed by atoms with Crippen LogP contribution in [0.4, 0.5) is 64.1 Å². The molecule has 0 aliphatic carbocycles. The van der Waals surface area contributed by atoms with Crippen LogP contribution in [0.25, 0.3) is 0 Å². The van der Waals surface area contributed by atoms with Gasteiger partial charge in [0.05, 0.1) is 34.3 Å². The van der Waals surface area contributed by atoms with Crippen LogP contribution in [0, 0.1) is 0 Å². The van der Waals surface area contributed by atoms with E-state index in [9.17, 15) is 52.7 Å². The van der Waals surface area contributed by atoms with Gasteiger partial charge < -0.3 is 21.3 Å². The van der Waals surface area contributed by atoms with Gasteiger partial charge in [0.25, 0.3) is 0 Å². The highest BCUT2D eigenvalue weighted by Gasteiger charge is 2.38. The van der Waals surface area contributed by atoms with E-state index >= 15 is 0 Å². The fourth-order valence-electron chi connectivity index (χ4n) is 4.71. The monoisotopic (exact) mass is 754 g/mol. The SMILES string of the molecule is FC(F)(F)c1cc(NC(=S)NC(c2ccccc2)C(NC(=S)Nc2cc(C(F)(F)F)cc(C(F)(F)F)c2)c2ccccc2)cc(C(F)(F)F)c1. The van der Waals surface area contributed by atoms with Gasteiger partial charge in [-0.05, 0) is 72.0 Å². The average molecular weight is 755 g/mol. The summed E-state index contributed by atoms with van der Waals surface area (Å²) in [6, 6.07) is 15.5. The summed E-state index contributed by atoms with van der Waals surface area (Å²) in [6.07, 6.45) is -20.5. The Labute approximate surface area is 286 Å². The van der Waals surface area contributed by atoms with Gasteiger partial charge in [0.15, 0.2) is 10.2 Å². The fourth-order valence-corrected chi connectivity index (χ4v) is 5.20. The Balaban J connectivity index is 1.70. The lowest BCUT2D eigenvalue weighted by Gasteiger charge is -2.32. The highest BCUT2D eigenvalue weighted by molar-refractivity contribution is 7.80. The predicted molar refractivity (Wildman–Crippen MR) is 170 cm³/mol. The van der Waals surface area contributed by atoms with Crippen LogP contribution in [0.1, 0.15) is 45.5 Å². The van der Waals surface area contributed by atoms with Crippen LogP contribution < -0.4 is 21.3 Å². The fraction of sp³-hybridized carbons (Fsp3) is 0.188. The Morgan fingerprint density at radius 2 is 0.680 bits per heavy atom. The molecule has 0 aromatic heterocycles. The van der Waals surface area contributed by atoms with Crippen molar-refractivity contribution in [1.29, 1.82) is 0 Å². The number of hydrogen-bond acceptors (Lipinski definition) is 2. The van der Waals surface area contributed by atoms with Gasteiger partial charge in [-0.3, -0.25) is 0 Å². The smallest absolute Gasteiger partial charge is 0.353 e. The molecule has 0 radical (unpaired) electrons. The molecule has 4 nitrogen and oxygen atoms in total. The Kier molecular flexibility index (Phi) is 11.3. The first-order valence-corrected chi connectivity index (χ1v) is 14.8. The van der Waals surface area contributed by atoms with Gasteiger partial charge in [0.1, 0.15) is 0 Å². The molecule has 0 amide bonds. The molecule has 0 fully saturated rings. The molecule has 0 saturated carbocycles. The van der Waals surface area contributed by atoms with E-state index in [4.69, 9.17) is 24.4 Å². The molecule has 2 atom stereocenters. The minimum Gasteiger partial charge on any atom is -0.353 e. The Morgan fingerprint density at radius 3 is 0.920 bits per heavy atom. The topological polar surface area (TPSA) is 48.1 Å². The number of alkyl halides is 12. The van der Waals surface area contributed by atoms with Gasteiger partial charge in [-0.15, -0.1) is 0 Å². The van der Waals surface area contributed by atoms with Crippen molar-refractivity contribution < 1.29 is 52.7 Å². The number of halogens is 12. The molecule has 4 rings (SSSR count). The minimum atomic E-state index is -5.13. The van der Waals surface area contributed by atoms with E-state index in [1.54, 1.807) is 60.7 Å². The first-order valence-electron chi connectivity index (χ1n) is 13.9. The van der Waals surface area contributed by atoms with Gasteiger partial charge >= 0.3 is 24.7 Å². The number of nitrogens with one attached hydrogen (secondary N) is 4. The third-order valence-corrected chi connectivity index (χ3v) is 7.35. The van der Waals surface area contributed by atoms with Gasteiger partial charge in [0.2, 0.25) is 0 Å². The van der Waals surface area contributed by atoms with E-state index in [1.165, 1.54) is 0 Å². The molecule has 0 saturated heterocycles. The van der Waals surface area contributed by atoms with E-state index in [1.807, 2.05) is 0 Å². The van der Waals surface area contributed by atoms with Crippen molar-refractivity contribution in [2.45, 2.75) is 36.8 Å². The summed E-state index contributed by atoms with van der Waals surface area (Å²) in [5, 5.41) is 9.46. The zero-order chi connectivity index (χ0) is 37.1. The van der Waals surface area contributed by atoms with E-state index in [2.05, 4.69) is 21.3 Å². The third kappa shape index (κ3) is 10.2. The van der Waals surface area contributed by atoms with Crippen molar-refractivity contribution >= 4 is 46.0 Å². The Morgan fingerprint density at radius 1 is 0.420 bits per heavy atom. The Bertz CT molecular complexity index is 1610. The summed E-state index contributed by atoms with van der Waals surface area (Å²) in [5.74, 6) is 0. The molecule has 266 valence electrons. The molecule has 0 bridgehead atoms. The van der Waals surface area contributed by atoms with E-state index < -0.39 is 80.6 Å². The quantitative estimate of drug-likeness (QED) is 0.111. The van der Waals surface area contributed by atoms with Crippen LogP contribution in [-0.4, -0.2) is 10.2 Å². The van der Waals surface area contributed by atoms with Gasteiger partial charge in [-0.2, -0.15) is 52.7 Å². The summed E-state index contributed by atoms with van der Waals surface area (Å²) < 4.78 is 161. The third-order valence-electron chi connectivity index (χ3n) is 6.91. The molecule has 0 aliphatic rings. The highest BCUT2D eigenvalue weighted by atomic mass is 32.1. The lowest BCUT2D eigenvalue weighted by atomic mass is 9.93. The van der Waals surface area contributed by atoms with E-state index in [0.29, 0.717) is 35.4 Å². The van der Waals surface area contributed by atoms with Crippen molar-refractivity contribution in [3.63, 3.8) is 0 Å². The zero-order valence-electron chi connectivity index (χ0n) is 24.7. The maximum atomic E-state index is 13.5. The van der Waals surface area contributed by atoms with E-state index in [0.717, 1.165) is 0 Å². The summed E-state index contributed by atoms with van der Waals surface area (Å²) in [5.41, 5.74) is -6.83. The first-order chi connectivity index (χ1) is 23.1. The molecule has 0 heterocycles. The van der Waals surface area contributed by atoms with Crippen LogP contribution >= 0.6 is 24.4 Å². The second-order valence-corrected chi connectivity index (χ2v) is 11.4. The Hall–Kier alpha value is -4.58. The second kappa shape index (κ2) is 14.7. The molecule has 0 spiro atoms. The second-order valence-electron chi connectivity index (χ2n) is 10.6. The van der Waals surface area contributed by atoms with Crippen molar-refractivity contribution in [2.24, 2.45) is 0 Å². The van der Waals surface area contributed by atoms with Gasteiger partial charge in [0, 0.05) is 11.4 Å². The van der Waals surface area contributed by atoms with Crippen LogP contribution in [0.5, 0.6) is 0 Å². The molecule has 50 heavy (non-hydrogen) atoms. The predicted octanol–water partition coefficient (Wildman–Crippen LogP) is 10.5. The standard InChI is InChI=1S/C32H22F12N4S2/c33-29(34,35)19-11-20(30(36,37)38)14-23(13-19)45-27(49)47-25(17-7-3-1-4-8-17)26(18-9-5-2-6-10-18)48-28(50)46-24-15-21(31(39,40)41)12-22(16-24)32(42,43)44/h1-16,25-26H,(H2,45,47,49)(H2,46,48,50). The molecule has 4 N–H and O–H groups in total. The van der Waals surface area contributed by atoms with Crippen molar-refractivity contribution in [3.8, 4) is 0 Å². The van der Waals surface area contributed by atoms with Gasteiger partial charge in [-0.1, -0.05) is 60.7 Å². The molecule has 4 aromatic rings. The van der Waals surface area contributed by atoms with Crippen molar-refractivity contribution in [2.75, 3.05) is 10.6 Å². The van der Waals surface area contributed by atoms with Crippen LogP contribution in [0.15, 0.2) is 97.1 Å². The van der Waals surface area contributed by atoms with Gasteiger partial charge in [-0.25, -0.2) is 0 Å².